The van der Waals surface area contributed by atoms with Crippen molar-refractivity contribution in [3.8, 4) is 5.69 Å². The van der Waals surface area contributed by atoms with Crippen molar-refractivity contribution in [2.45, 2.75) is 6.43 Å². The van der Waals surface area contributed by atoms with Gasteiger partial charge in [-0.3, -0.25) is 0 Å². The van der Waals surface area contributed by atoms with Crippen LogP contribution in [0.5, 0.6) is 0 Å². The maximum atomic E-state index is 12.5. The number of halogens is 3. The number of urea groups is 1. The number of anilines is 1. The lowest BCUT2D eigenvalue weighted by atomic mass is 10.2. The third kappa shape index (κ3) is 4.64. The summed E-state index contributed by atoms with van der Waals surface area (Å²) in [6, 6.07) is 5.66. The van der Waals surface area contributed by atoms with E-state index in [4.69, 9.17) is 16.7 Å². The molecule has 2 amide bonds. The Hall–Kier alpha value is -2.19. The molecule has 2 rings (SSSR count). The van der Waals surface area contributed by atoms with Crippen molar-refractivity contribution >= 4 is 23.3 Å². The standard InChI is InChI=1S/C14H15ClF2N4O2/c15-10-2-3-11(12(8-10)21-5-1-4-18-21)19-14(23)20(6-7-22)9-13(16)17/h1-5,8,13,22H,6-7,9H2,(H,19,23). The molecule has 0 saturated heterocycles. The first-order valence-corrected chi connectivity index (χ1v) is 7.13. The molecular formula is C14H15ClF2N4O2. The fourth-order valence-corrected chi connectivity index (χ4v) is 2.14. The molecule has 0 saturated carbocycles. The molecule has 1 aromatic carbocycles. The van der Waals surface area contributed by atoms with Gasteiger partial charge in [-0.15, -0.1) is 0 Å². The van der Waals surface area contributed by atoms with E-state index in [1.54, 1.807) is 36.7 Å². The number of aromatic nitrogens is 2. The highest BCUT2D eigenvalue weighted by Crippen LogP contribution is 2.24. The summed E-state index contributed by atoms with van der Waals surface area (Å²) in [6.45, 7) is -1.37. The van der Waals surface area contributed by atoms with E-state index in [9.17, 15) is 13.6 Å². The molecule has 0 aliphatic carbocycles. The van der Waals surface area contributed by atoms with Gasteiger partial charge in [-0.25, -0.2) is 18.3 Å². The highest BCUT2D eigenvalue weighted by Gasteiger charge is 2.19. The number of hydrogen-bond acceptors (Lipinski definition) is 3. The van der Waals surface area contributed by atoms with Crippen molar-refractivity contribution in [2.24, 2.45) is 0 Å². The van der Waals surface area contributed by atoms with Crippen LogP contribution in [0.1, 0.15) is 0 Å². The Morgan fingerprint density at radius 1 is 1.48 bits per heavy atom. The summed E-state index contributed by atoms with van der Waals surface area (Å²) in [6.07, 6.45) is 0.524. The molecule has 2 aromatic rings. The number of nitrogens with one attached hydrogen (secondary N) is 1. The number of aliphatic hydroxyl groups is 1. The van der Waals surface area contributed by atoms with Gasteiger partial charge in [0.2, 0.25) is 0 Å². The Labute approximate surface area is 136 Å². The number of benzene rings is 1. The molecule has 124 valence electrons. The third-order valence-corrected chi connectivity index (χ3v) is 3.20. The Kier molecular flexibility index (Phi) is 5.89. The van der Waals surface area contributed by atoms with E-state index in [0.717, 1.165) is 4.90 Å². The van der Waals surface area contributed by atoms with E-state index in [0.29, 0.717) is 16.4 Å². The van der Waals surface area contributed by atoms with Crippen molar-refractivity contribution in [1.29, 1.82) is 0 Å². The minimum atomic E-state index is -2.69. The second-order valence-corrected chi connectivity index (χ2v) is 5.04. The molecule has 0 aliphatic heterocycles. The van der Waals surface area contributed by atoms with Gasteiger partial charge in [0.05, 0.1) is 24.5 Å². The van der Waals surface area contributed by atoms with E-state index in [1.807, 2.05) is 0 Å². The van der Waals surface area contributed by atoms with Gasteiger partial charge in [0, 0.05) is 24.0 Å². The normalized spacial score (nSPS) is 10.8. The largest absolute Gasteiger partial charge is 0.395 e. The fraction of sp³-hybridized carbons (Fsp3) is 0.286. The van der Waals surface area contributed by atoms with Crippen LogP contribution in [-0.4, -0.2) is 51.9 Å². The van der Waals surface area contributed by atoms with Crippen molar-refractivity contribution in [1.82, 2.24) is 14.7 Å². The van der Waals surface area contributed by atoms with Crippen LogP contribution in [0.3, 0.4) is 0 Å². The van der Waals surface area contributed by atoms with Gasteiger partial charge in [-0.1, -0.05) is 11.6 Å². The summed E-state index contributed by atoms with van der Waals surface area (Å²) in [5.74, 6) is 0. The van der Waals surface area contributed by atoms with Crippen LogP contribution in [0.2, 0.25) is 5.02 Å². The summed E-state index contributed by atoms with van der Waals surface area (Å²) >= 11 is 5.95. The van der Waals surface area contributed by atoms with E-state index < -0.39 is 25.6 Å². The highest BCUT2D eigenvalue weighted by atomic mass is 35.5. The van der Waals surface area contributed by atoms with Crippen LogP contribution >= 0.6 is 11.6 Å². The average Bonchev–Trinajstić information content (AvgIpc) is 3.02. The van der Waals surface area contributed by atoms with Crippen LogP contribution in [0.25, 0.3) is 5.69 Å². The second-order valence-electron chi connectivity index (χ2n) is 4.60. The van der Waals surface area contributed by atoms with Crippen LogP contribution in [0, 0.1) is 0 Å². The Morgan fingerprint density at radius 3 is 2.87 bits per heavy atom. The lowest BCUT2D eigenvalue weighted by Gasteiger charge is -2.22. The van der Waals surface area contributed by atoms with Crippen molar-refractivity contribution < 1.29 is 18.7 Å². The first-order valence-electron chi connectivity index (χ1n) is 6.75. The average molecular weight is 345 g/mol. The zero-order valence-electron chi connectivity index (χ0n) is 12.0. The van der Waals surface area contributed by atoms with Gasteiger partial charge in [-0.2, -0.15) is 5.10 Å². The summed E-state index contributed by atoms with van der Waals surface area (Å²) in [5.41, 5.74) is 0.858. The van der Waals surface area contributed by atoms with E-state index in [1.165, 1.54) is 4.68 Å². The molecule has 0 bridgehead atoms. The first kappa shape index (κ1) is 17.2. The summed E-state index contributed by atoms with van der Waals surface area (Å²) < 4.78 is 26.5. The maximum Gasteiger partial charge on any atom is 0.322 e. The zero-order valence-corrected chi connectivity index (χ0v) is 12.7. The molecule has 1 heterocycles. The van der Waals surface area contributed by atoms with Crippen molar-refractivity contribution in [3.63, 3.8) is 0 Å². The molecule has 6 nitrogen and oxygen atoms in total. The van der Waals surface area contributed by atoms with Gasteiger partial charge in [0.15, 0.2) is 0 Å². The fourth-order valence-electron chi connectivity index (χ4n) is 1.97. The lowest BCUT2D eigenvalue weighted by molar-refractivity contribution is 0.0943. The predicted molar refractivity (Wildman–Crippen MR) is 82.3 cm³/mol. The predicted octanol–water partition coefficient (Wildman–Crippen LogP) is 2.62. The number of aliphatic hydroxyl groups excluding tert-OH is 1. The van der Waals surface area contributed by atoms with Crippen LogP contribution < -0.4 is 5.32 Å². The van der Waals surface area contributed by atoms with E-state index >= 15 is 0 Å². The second kappa shape index (κ2) is 7.89. The molecule has 9 heteroatoms. The smallest absolute Gasteiger partial charge is 0.322 e. The van der Waals surface area contributed by atoms with Crippen LogP contribution in [0.15, 0.2) is 36.7 Å². The first-order chi connectivity index (χ1) is 11.0. The van der Waals surface area contributed by atoms with Crippen molar-refractivity contribution in [3.05, 3.63) is 41.7 Å². The van der Waals surface area contributed by atoms with E-state index in [2.05, 4.69) is 10.4 Å². The topological polar surface area (TPSA) is 70.4 Å². The molecule has 0 fully saturated rings. The number of nitrogens with zero attached hydrogens (tertiary/aromatic N) is 3. The summed E-state index contributed by atoms with van der Waals surface area (Å²) in [5, 5.41) is 15.9. The van der Waals surface area contributed by atoms with Gasteiger partial charge < -0.3 is 15.3 Å². The molecule has 0 aliphatic rings. The Balaban J connectivity index is 2.23. The molecule has 23 heavy (non-hydrogen) atoms. The Morgan fingerprint density at radius 2 is 2.26 bits per heavy atom. The third-order valence-electron chi connectivity index (χ3n) is 2.97. The molecule has 0 unspecified atom stereocenters. The van der Waals surface area contributed by atoms with Gasteiger partial charge in [0.1, 0.15) is 0 Å². The quantitative estimate of drug-likeness (QED) is 0.846. The van der Waals surface area contributed by atoms with Crippen molar-refractivity contribution in [2.75, 3.05) is 25.0 Å². The number of carbonyl (C=O) groups is 1. The highest BCUT2D eigenvalue weighted by molar-refractivity contribution is 6.30. The molecule has 0 radical (unpaired) electrons. The number of hydrogen-bond donors (Lipinski definition) is 2. The monoisotopic (exact) mass is 344 g/mol. The van der Waals surface area contributed by atoms with Crippen LogP contribution in [0.4, 0.5) is 19.3 Å². The van der Waals surface area contributed by atoms with Gasteiger partial charge >= 0.3 is 6.03 Å². The van der Waals surface area contributed by atoms with Crippen LogP contribution in [-0.2, 0) is 0 Å². The molecule has 1 aromatic heterocycles. The molecule has 0 atom stereocenters. The Bertz CT molecular complexity index is 652. The molecular weight excluding hydrogens is 330 g/mol. The van der Waals surface area contributed by atoms with Gasteiger partial charge in [-0.05, 0) is 24.3 Å². The minimum Gasteiger partial charge on any atom is -0.395 e. The van der Waals surface area contributed by atoms with Gasteiger partial charge in [0.25, 0.3) is 6.43 Å². The number of amides is 2. The summed E-state index contributed by atoms with van der Waals surface area (Å²) in [4.78, 5) is 13.0. The number of rotatable bonds is 6. The SMILES string of the molecule is O=C(Nc1ccc(Cl)cc1-n1cccn1)N(CCO)CC(F)F. The molecule has 2 N–H and O–H groups in total. The zero-order chi connectivity index (χ0) is 16.8. The lowest BCUT2D eigenvalue weighted by Crippen LogP contribution is -2.40. The number of alkyl halides is 2. The molecule has 0 spiro atoms. The van der Waals surface area contributed by atoms with E-state index in [-0.39, 0.29) is 6.54 Å². The maximum absolute atomic E-state index is 12.5. The summed E-state index contributed by atoms with van der Waals surface area (Å²) in [7, 11) is 0. The minimum absolute atomic E-state index is 0.194. The number of carbonyl (C=O) groups excluding carboxylic acids is 1.